The van der Waals surface area contributed by atoms with Gasteiger partial charge in [-0.25, -0.2) is 0 Å². The molecule has 0 aliphatic carbocycles. The van der Waals surface area contributed by atoms with E-state index in [1.807, 2.05) is 29.2 Å². The summed E-state index contributed by atoms with van der Waals surface area (Å²) in [5.74, 6) is 1.27. The van der Waals surface area contributed by atoms with Crippen molar-refractivity contribution in [2.75, 3.05) is 26.2 Å². The molecular formula is C18H21BrN2O4S. The summed E-state index contributed by atoms with van der Waals surface area (Å²) in [7, 11) is 0. The molecule has 0 spiro atoms. The van der Waals surface area contributed by atoms with Gasteiger partial charge in [0.05, 0.1) is 15.2 Å². The number of halogens is 1. The van der Waals surface area contributed by atoms with Crippen molar-refractivity contribution in [3.63, 3.8) is 0 Å². The van der Waals surface area contributed by atoms with Crippen molar-refractivity contribution >= 4 is 39.1 Å². The highest BCUT2D eigenvalue weighted by atomic mass is 79.9. The van der Waals surface area contributed by atoms with Gasteiger partial charge in [0, 0.05) is 33.1 Å². The number of furan rings is 1. The van der Waals surface area contributed by atoms with Gasteiger partial charge in [-0.05, 0) is 46.6 Å². The molecule has 140 valence electrons. The van der Waals surface area contributed by atoms with Gasteiger partial charge >= 0.3 is 5.97 Å². The van der Waals surface area contributed by atoms with Crippen LogP contribution in [0.5, 0.6) is 0 Å². The second-order valence-corrected chi connectivity index (χ2v) is 8.64. The summed E-state index contributed by atoms with van der Waals surface area (Å²) in [6.45, 7) is 5.41. The first-order chi connectivity index (χ1) is 12.5. The van der Waals surface area contributed by atoms with E-state index in [2.05, 4.69) is 20.8 Å². The summed E-state index contributed by atoms with van der Waals surface area (Å²) in [5, 5.41) is 0. The number of nitrogens with zero attached hydrogens (tertiary/aromatic N) is 2. The standard InChI is InChI=1S/C18H21BrN2O4S/c1-13(22)24-12-15-4-3-14(25-15)11-20-7-2-8-21(10-9-20)18(23)16-5-6-17(19)26-16/h3-6H,2,7-12H2,1H3. The lowest BCUT2D eigenvalue weighted by atomic mass is 10.3. The van der Waals surface area contributed by atoms with Crippen molar-refractivity contribution in [3.05, 3.63) is 44.4 Å². The number of hydrogen-bond donors (Lipinski definition) is 0. The molecule has 0 N–H and O–H groups in total. The Morgan fingerprint density at radius 3 is 2.69 bits per heavy atom. The minimum absolute atomic E-state index is 0.101. The molecule has 1 fully saturated rings. The fourth-order valence-electron chi connectivity index (χ4n) is 2.90. The molecule has 8 heteroatoms. The minimum atomic E-state index is -0.321. The van der Waals surface area contributed by atoms with Crippen LogP contribution in [0.4, 0.5) is 0 Å². The lowest BCUT2D eigenvalue weighted by Crippen LogP contribution is -2.34. The van der Waals surface area contributed by atoms with E-state index in [1.54, 1.807) is 0 Å². The Hall–Kier alpha value is -1.64. The van der Waals surface area contributed by atoms with Crippen LogP contribution >= 0.6 is 27.3 Å². The number of hydrogen-bond acceptors (Lipinski definition) is 6. The summed E-state index contributed by atoms with van der Waals surface area (Å²) in [4.78, 5) is 28.4. The van der Waals surface area contributed by atoms with E-state index in [0.717, 1.165) is 40.5 Å². The van der Waals surface area contributed by atoms with Crippen LogP contribution in [0.25, 0.3) is 0 Å². The van der Waals surface area contributed by atoms with Crippen molar-refractivity contribution in [1.82, 2.24) is 9.80 Å². The minimum Gasteiger partial charge on any atom is -0.461 e. The summed E-state index contributed by atoms with van der Waals surface area (Å²) in [6, 6.07) is 7.52. The lowest BCUT2D eigenvalue weighted by Gasteiger charge is -2.21. The Labute approximate surface area is 164 Å². The van der Waals surface area contributed by atoms with E-state index in [1.165, 1.54) is 18.3 Å². The van der Waals surface area contributed by atoms with Crippen LogP contribution in [0.1, 0.15) is 34.5 Å². The molecule has 3 rings (SSSR count). The number of carbonyl (C=O) groups excluding carboxylic acids is 2. The Morgan fingerprint density at radius 1 is 1.15 bits per heavy atom. The summed E-state index contributed by atoms with van der Waals surface area (Å²) < 4.78 is 11.6. The third-order valence-corrected chi connectivity index (χ3v) is 5.79. The van der Waals surface area contributed by atoms with Crippen LogP contribution in [0.2, 0.25) is 0 Å². The number of ether oxygens (including phenoxy) is 1. The Bertz CT molecular complexity index is 773. The molecule has 0 radical (unpaired) electrons. The van der Waals surface area contributed by atoms with Gasteiger partial charge in [0.25, 0.3) is 5.91 Å². The maximum Gasteiger partial charge on any atom is 0.303 e. The molecule has 0 saturated carbocycles. The maximum atomic E-state index is 12.6. The first-order valence-electron chi connectivity index (χ1n) is 8.49. The zero-order valence-electron chi connectivity index (χ0n) is 14.6. The summed E-state index contributed by atoms with van der Waals surface area (Å²) in [5.41, 5.74) is 0. The van der Waals surface area contributed by atoms with Gasteiger partial charge in [0.15, 0.2) is 0 Å². The van der Waals surface area contributed by atoms with Gasteiger partial charge in [-0.1, -0.05) is 0 Å². The van der Waals surface area contributed by atoms with E-state index in [0.29, 0.717) is 18.8 Å². The maximum absolute atomic E-state index is 12.6. The van der Waals surface area contributed by atoms with E-state index < -0.39 is 0 Å². The van der Waals surface area contributed by atoms with Crippen molar-refractivity contribution in [2.24, 2.45) is 0 Å². The predicted octanol–water partition coefficient (Wildman–Crippen LogP) is 3.51. The SMILES string of the molecule is CC(=O)OCc1ccc(CN2CCCN(C(=O)c3ccc(Br)s3)CC2)o1. The van der Waals surface area contributed by atoms with E-state index in [4.69, 9.17) is 9.15 Å². The molecule has 3 heterocycles. The van der Waals surface area contributed by atoms with Crippen molar-refractivity contribution in [3.8, 4) is 0 Å². The number of amides is 1. The summed E-state index contributed by atoms with van der Waals surface area (Å²) >= 11 is 4.88. The van der Waals surface area contributed by atoms with Crippen LogP contribution < -0.4 is 0 Å². The monoisotopic (exact) mass is 440 g/mol. The first-order valence-corrected chi connectivity index (χ1v) is 10.1. The second-order valence-electron chi connectivity index (χ2n) is 6.17. The lowest BCUT2D eigenvalue weighted by molar-refractivity contribution is -0.142. The third kappa shape index (κ3) is 5.18. The average molecular weight is 441 g/mol. The number of esters is 1. The highest BCUT2D eigenvalue weighted by Gasteiger charge is 2.22. The Kier molecular flexibility index (Phi) is 6.50. The molecule has 6 nitrogen and oxygen atoms in total. The molecule has 26 heavy (non-hydrogen) atoms. The molecule has 1 amide bonds. The molecule has 0 unspecified atom stereocenters. The van der Waals surface area contributed by atoms with Crippen molar-refractivity contribution in [1.29, 1.82) is 0 Å². The van der Waals surface area contributed by atoms with Crippen LogP contribution in [-0.4, -0.2) is 47.9 Å². The molecule has 2 aromatic rings. The zero-order valence-corrected chi connectivity index (χ0v) is 17.0. The Balaban J connectivity index is 1.52. The highest BCUT2D eigenvalue weighted by molar-refractivity contribution is 9.11. The van der Waals surface area contributed by atoms with Gasteiger partial charge in [-0.3, -0.25) is 14.5 Å². The topological polar surface area (TPSA) is 63.0 Å². The quantitative estimate of drug-likeness (QED) is 0.665. The van der Waals surface area contributed by atoms with Gasteiger partial charge in [-0.15, -0.1) is 11.3 Å². The van der Waals surface area contributed by atoms with Gasteiger partial charge < -0.3 is 14.1 Å². The Morgan fingerprint density at radius 2 is 1.96 bits per heavy atom. The highest BCUT2D eigenvalue weighted by Crippen LogP contribution is 2.24. The first kappa shape index (κ1) is 19.1. The van der Waals surface area contributed by atoms with Gasteiger partial charge in [0.1, 0.15) is 18.1 Å². The molecule has 1 aliphatic rings. The van der Waals surface area contributed by atoms with E-state index in [-0.39, 0.29) is 18.5 Å². The van der Waals surface area contributed by atoms with Crippen molar-refractivity contribution in [2.45, 2.75) is 26.5 Å². The number of thiophene rings is 1. The van der Waals surface area contributed by atoms with Crippen LogP contribution in [-0.2, 0) is 22.7 Å². The molecule has 0 atom stereocenters. The molecule has 1 aliphatic heterocycles. The number of carbonyl (C=O) groups is 2. The fourth-order valence-corrected chi connectivity index (χ4v) is 4.25. The molecule has 2 aromatic heterocycles. The van der Waals surface area contributed by atoms with Crippen LogP contribution in [0, 0.1) is 0 Å². The molecule has 1 saturated heterocycles. The second kappa shape index (κ2) is 8.83. The van der Waals surface area contributed by atoms with Gasteiger partial charge in [0.2, 0.25) is 0 Å². The fraction of sp³-hybridized carbons (Fsp3) is 0.444. The predicted molar refractivity (Wildman–Crippen MR) is 102 cm³/mol. The van der Waals surface area contributed by atoms with Crippen molar-refractivity contribution < 1.29 is 18.7 Å². The largest absolute Gasteiger partial charge is 0.461 e. The van der Waals surface area contributed by atoms with Crippen LogP contribution in [0.3, 0.4) is 0 Å². The molecular weight excluding hydrogens is 420 g/mol. The zero-order chi connectivity index (χ0) is 18.5. The number of rotatable bonds is 5. The molecule has 0 bridgehead atoms. The smallest absolute Gasteiger partial charge is 0.303 e. The third-order valence-electron chi connectivity index (χ3n) is 4.17. The molecule has 0 aromatic carbocycles. The van der Waals surface area contributed by atoms with Crippen LogP contribution in [0.15, 0.2) is 32.5 Å². The average Bonchev–Trinajstić information content (AvgIpc) is 3.17. The van der Waals surface area contributed by atoms with Gasteiger partial charge in [-0.2, -0.15) is 0 Å². The normalized spacial score (nSPS) is 15.7. The van der Waals surface area contributed by atoms with E-state index >= 15 is 0 Å². The van der Waals surface area contributed by atoms with E-state index in [9.17, 15) is 9.59 Å². The summed E-state index contributed by atoms with van der Waals surface area (Å²) in [6.07, 6.45) is 0.930.